The highest BCUT2D eigenvalue weighted by atomic mass is 32.2. The fourth-order valence-corrected chi connectivity index (χ4v) is 6.21. The molecular weight excluding hydrogens is 514 g/mol. The van der Waals surface area contributed by atoms with Gasteiger partial charge in [0.05, 0.1) is 29.7 Å². The number of rotatable bonds is 6. The summed E-state index contributed by atoms with van der Waals surface area (Å²) in [5.41, 5.74) is 8.85. The van der Waals surface area contributed by atoms with Crippen molar-refractivity contribution in [2.75, 3.05) is 15.9 Å². The van der Waals surface area contributed by atoms with Gasteiger partial charge in [-0.1, -0.05) is 23.8 Å². The molecule has 0 saturated carbocycles. The number of hydrogen-bond donors (Lipinski definition) is 2. The minimum absolute atomic E-state index is 0.170. The van der Waals surface area contributed by atoms with E-state index in [1.165, 1.54) is 5.56 Å². The lowest BCUT2D eigenvalue weighted by Crippen LogP contribution is -2.29. The molecule has 2 aromatic carbocycles. The van der Waals surface area contributed by atoms with Crippen LogP contribution in [0.25, 0.3) is 5.69 Å². The third-order valence-corrected chi connectivity index (χ3v) is 7.87. The third-order valence-electron chi connectivity index (χ3n) is 6.96. The van der Waals surface area contributed by atoms with Crippen LogP contribution in [0.1, 0.15) is 45.9 Å². The van der Waals surface area contributed by atoms with Crippen molar-refractivity contribution in [2.45, 2.75) is 39.8 Å². The summed E-state index contributed by atoms with van der Waals surface area (Å²) in [7, 11) is -3.39. The van der Waals surface area contributed by atoms with Crippen molar-refractivity contribution < 1.29 is 8.42 Å². The summed E-state index contributed by atoms with van der Waals surface area (Å²) < 4.78 is 28.5. The molecule has 1 fully saturated rings. The molecule has 0 spiro atoms. The lowest BCUT2D eigenvalue weighted by Gasteiger charge is -2.29. The van der Waals surface area contributed by atoms with Crippen LogP contribution in [0.3, 0.4) is 0 Å². The molecule has 0 unspecified atom stereocenters. The van der Waals surface area contributed by atoms with Crippen molar-refractivity contribution >= 4 is 38.7 Å². The molecule has 0 radical (unpaired) electrons. The highest BCUT2D eigenvalue weighted by Gasteiger charge is 2.42. The minimum atomic E-state index is -3.39. The second-order valence-electron chi connectivity index (χ2n) is 9.87. The van der Waals surface area contributed by atoms with Crippen LogP contribution in [0, 0.1) is 27.7 Å². The van der Waals surface area contributed by atoms with Crippen LogP contribution in [-0.2, 0) is 10.0 Å². The predicted octanol–water partition coefficient (Wildman–Crippen LogP) is 5.65. The molecule has 0 bridgehead atoms. The van der Waals surface area contributed by atoms with Gasteiger partial charge in [0.25, 0.3) is 0 Å². The van der Waals surface area contributed by atoms with Crippen molar-refractivity contribution in [1.82, 2.24) is 14.9 Å². The van der Waals surface area contributed by atoms with Gasteiger partial charge in [-0.3, -0.25) is 9.71 Å². The second-order valence-corrected chi connectivity index (χ2v) is 12.0. The van der Waals surface area contributed by atoms with E-state index in [0.29, 0.717) is 10.8 Å². The summed E-state index contributed by atoms with van der Waals surface area (Å²) in [5.74, 6) is 0. The number of nitrogens with one attached hydrogen (secondary N) is 2. The molecule has 2 N–H and O–H groups in total. The Balaban J connectivity index is 1.65. The average Bonchev–Trinajstić information content (AvgIpc) is 3.36. The maximum Gasteiger partial charge on any atom is 0.229 e. The number of nitrogens with zero attached hydrogens (tertiary/aromatic N) is 3. The van der Waals surface area contributed by atoms with Gasteiger partial charge in [0, 0.05) is 29.0 Å². The molecule has 38 heavy (non-hydrogen) atoms. The minimum Gasteiger partial charge on any atom is -0.351 e. The molecule has 1 saturated heterocycles. The molecule has 2 atom stereocenters. The van der Waals surface area contributed by atoms with Crippen LogP contribution in [-0.4, -0.2) is 29.3 Å². The largest absolute Gasteiger partial charge is 0.351 e. The molecule has 2 aromatic heterocycles. The van der Waals surface area contributed by atoms with E-state index in [9.17, 15) is 8.42 Å². The number of aromatic nitrogens is 2. The molecule has 4 aromatic rings. The number of hydrogen-bond acceptors (Lipinski definition) is 4. The van der Waals surface area contributed by atoms with Gasteiger partial charge in [-0.25, -0.2) is 8.42 Å². The zero-order chi connectivity index (χ0) is 27.2. The molecule has 9 heteroatoms. The normalized spacial score (nSPS) is 17.5. The van der Waals surface area contributed by atoms with Crippen LogP contribution >= 0.6 is 12.2 Å². The third kappa shape index (κ3) is 4.91. The zero-order valence-corrected chi connectivity index (χ0v) is 23.7. The van der Waals surface area contributed by atoms with Crippen LogP contribution in [0.5, 0.6) is 0 Å². The monoisotopic (exact) mass is 545 g/mol. The quantitative estimate of drug-likeness (QED) is 0.305. The second kappa shape index (κ2) is 9.89. The van der Waals surface area contributed by atoms with Crippen molar-refractivity contribution in [3.63, 3.8) is 0 Å². The molecule has 3 heterocycles. The summed E-state index contributed by atoms with van der Waals surface area (Å²) in [6.45, 7) is 8.23. The van der Waals surface area contributed by atoms with Gasteiger partial charge in [0.1, 0.15) is 0 Å². The first kappa shape index (κ1) is 25.9. The fourth-order valence-electron chi connectivity index (χ4n) is 5.24. The van der Waals surface area contributed by atoms with Crippen molar-refractivity contribution in [3.05, 3.63) is 107 Å². The van der Waals surface area contributed by atoms with E-state index >= 15 is 0 Å². The Hall–Kier alpha value is -3.69. The molecule has 1 aliphatic heterocycles. The van der Waals surface area contributed by atoms with E-state index in [4.69, 9.17) is 12.2 Å². The van der Waals surface area contributed by atoms with Crippen LogP contribution < -0.4 is 14.9 Å². The van der Waals surface area contributed by atoms with E-state index in [0.717, 1.165) is 45.8 Å². The van der Waals surface area contributed by atoms with E-state index in [1.54, 1.807) is 12.3 Å². The number of pyridine rings is 1. The molecule has 0 aliphatic carbocycles. The molecular formula is C29H31N5O2S2. The number of anilines is 2. The molecule has 1 aliphatic rings. The molecule has 196 valence electrons. The number of sulfonamides is 1. The Bertz CT molecular complexity index is 1610. The Labute approximate surface area is 229 Å². The molecule has 7 nitrogen and oxygen atoms in total. The van der Waals surface area contributed by atoms with Gasteiger partial charge in [-0.2, -0.15) is 0 Å². The van der Waals surface area contributed by atoms with Crippen LogP contribution in [0.15, 0.2) is 72.9 Å². The smallest absolute Gasteiger partial charge is 0.229 e. The van der Waals surface area contributed by atoms with E-state index in [-0.39, 0.29) is 12.1 Å². The number of thiocarbonyl (C=S) groups is 1. The topological polar surface area (TPSA) is 79.3 Å². The van der Waals surface area contributed by atoms with Crippen LogP contribution in [0.2, 0.25) is 0 Å². The molecule has 0 amide bonds. The Morgan fingerprint density at radius 2 is 1.66 bits per heavy atom. The van der Waals surface area contributed by atoms with Gasteiger partial charge in [0.15, 0.2) is 5.11 Å². The van der Waals surface area contributed by atoms with E-state index in [1.807, 2.05) is 37.3 Å². The summed E-state index contributed by atoms with van der Waals surface area (Å²) in [5, 5.41) is 4.11. The first-order valence-electron chi connectivity index (χ1n) is 12.4. The van der Waals surface area contributed by atoms with Crippen molar-refractivity contribution in [2.24, 2.45) is 0 Å². The van der Waals surface area contributed by atoms with Gasteiger partial charge in [0.2, 0.25) is 10.0 Å². The number of aryl methyl sites for hydroxylation is 3. The highest BCUT2D eigenvalue weighted by molar-refractivity contribution is 7.92. The highest BCUT2D eigenvalue weighted by Crippen LogP contribution is 2.44. The first-order valence-corrected chi connectivity index (χ1v) is 14.7. The molecule has 5 rings (SSSR count). The average molecular weight is 546 g/mol. The van der Waals surface area contributed by atoms with Crippen molar-refractivity contribution in [3.8, 4) is 5.69 Å². The summed E-state index contributed by atoms with van der Waals surface area (Å²) in [6.07, 6.45) is 2.95. The zero-order valence-electron chi connectivity index (χ0n) is 22.1. The van der Waals surface area contributed by atoms with E-state index in [2.05, 4.69) is 75.6 Å². The predicted molar refractivity (Wildman–Crippen MR) is 158 cm³/mol. The van der Waals surface area contributed by atoms with Crippen molar-refractivity contribution in [1.29, 1.82) is 0 Å². The standard InChI is InChI=1S/C29H31N5O2S2/c1-18-9-11-22(12-10-18)33-20(3)17-24(21(33)4)28-27(26-8-6-7-15-30-26)31-29(37)34(28)23-13-14-25(19(2)16-23)32-38(5,35)36/h6-17,27-28,32H,1-5H3,(H,31,37)/t27-,28+/m1/s1. The maximum atomic E-state index is 11.8. The van der Waals surface area contributed by atoms with Gasteiger partial charge < -0.3 is 14.8 Å². The lowest BCUT2D eigenvalue weighted by molar-refractivity contribution is 0.565. The fraction of sp³-hybridized carbons (Fsp3) is 0.241. The summed E-state index contributed by atoms with van der Waals surface area (Å²) >= 11 is 5.90. The first-order chi connectivity index (χ1) is 18.0. The number of benzene rings is 2. The Morgan fingerprint density at radius 1 is 0.947 bits per heavy atom. The Morgan fingerprint density at radius 3 is 2.29 bits per heavy atom. The van der Waals surface area contributed by atoms with Crippen LogP contribution in [0.4, 0.5) is 11.4 Å². The summed E-state index contributed by atoms with van der Waals surface area (Å²) in [4.78, 5) is 6.78. The maximum absolute atomic E-state index is 11.8. The summed E-state index contributed by atoms with van der Waals surface area (Å²) in [6, 6.07) is 22.0. The van der Waals surface area contributed by atoms with Gasteiger partial charge in [-0.05, 0) is 99.6 Å². The SMILES string of the molecule is Cc1ccc(-n2c(C)cc([C@H]3[C@@H](c4ccccn4)NC(=S)N3c3ccc(NS(C)(=O)=O)c(C)c3)c2C)cc1. The lowest BCUT2D eigenvalue weighted by atomic mass is 9.96. The Kier molecular flexibility index (Phi) is 6.75. The van der Waals surface area contributed by atoms with Gasteiger partial charge in [-0.15, -0.1) is 0 Å². The van der Waals surface area contributed by atoms with Gasteiger partial charge >= 0.3 is 0 Å². The van der Waals surface area contributed by atoms with E-state index < -0.39 is 10.0 Å².